The molecule has 0 N–H and O–H groups in total. The van der Waals surface area contributed by atoms with Gasteiger partial charge < -0.3 is 9.15 Å². The minimum atomic E-state index is -4.58. The normalized spacial score (nSPS) is 13.2. The van der Waals surface area contributed by atoms with Gasteiger partial charge in [0.15, 0.2) is 5.69 Å². The molecule has 2 aromatic rings. The highest BCUT2D eigenvalue weighted by atomic mass is 79.9. The van der Waals surface area contributed by atoms with Gasteiger partial charge in [0, 0.05) is 0 Å². The van der Waals surface area contributed by atoms with Crippen LogP contribution in [0.1, 0.15) is 36.1 Å². The summed E-state index contributed by atoms with van der Waals surface area (Å²) in [6, 6.07) is -0.735. The Bertz CT molecular complexity index is 726. The number of alkyl halides is 3. The first-order chi connectivity index (χ1) is 10.6. The predicted octanol–water partition coefficient (Wildman–Crippen LogP) is 2.68. The molecule has 11 heteroatoms. The highest BCUT2D eigenvalue weighted by molar-refractivity contribution is 9.10. The standard InChI is InChI=1S/C12H12BrF3N4O3/c1-5-9(13)10(12(14,15)16)19-20(5)6(2)11-18-17-7(23-11)4-8(21)22-3/h6H,4H2,1-3H3. The van der Waals surface area contributed by atoms with Crippen molar-refractivity contribution in [1.82, 2.24) is 20.0 Å². The third kappa shape index (κ3) is 3.54. The average Bonchev–Trinajstić information content (AvgIpc) is 3.04. The SMILES string of the molecule is COC(=O)Cc1nnc(C(C)n2nc(C(F)(F)F)c(Br)c2C)o1. The van der Waals surface area contributed by atoms with Crippen LogP contribution in [-0.4, -0.2) is 33.1 Å². The number of carbonyl (C=O) groups excluding carboxylic acids is 1. The van der Waals surface area contributed by atoms with Crippen molar-refractivity contribution in [3.8, 4) is 0 Å². The van der Waals surface area contributed by atoms with Crippen LogP contribution >= 0.6 is 15.9 Å². The lowest BCUT2D eigenvalue weighted by molar-refractivity contribution is -0.142. The summed E-state index contributed by atoms with van der Waals surface area (Å²) in [7, 11) is 1.21. The van der Waals surface area contributed by atoms with Gasteiger partial charge in [0.05, 0.1) is 17.3 Å². The van der Waals surface area contributed by atoms with E-state index in [4.69, 9.17) is 4.42 Å². The molecule has 0 saturated heterocycles. The first-order valence-corrected chi connectivity index (χ1v) is 7.15. The van der Waals surface area contributed by atoms with E-state index in [0.29, 0.717) is 0 Å². The molecule has 0 amide bonds. The minimum Gasteiger partial charge on any atom is -0.469 e. The van der Waals surface area contributed by atoms with Crippen LogP contribution in [0.25, 0.3) is 0 Å². The first kappa shape index (κ1) is 17.4. The number of ether oxygens (including phenoxy) is 1. The van der Waals surface area contributed by atoms with Crippen LogP contribution in [0.2, 0.25) is 0 Å². The molecular weight excluding hydrogens is 385 g/mol. The maximum atomic E-state index is 12.9. The lowest BCUT2D eigenvalue weighted by atomic mass is 10.3. The Morgan fingerprint density at radius 2 is 2.09 bits per heavy atom. The van der Waals surface area contributed by atoms with Crippen molar-refractivity contribution in [2.24, 2.45) is 0 Å². The van der Waals surface area contributed by atoms with Crippen LogP contribution in [0.4, 0.5) is 13.2 Å². The Balaban J connectivity index is 2.31. The molecule has 0 spiro atoms. The van der Waals surface area contributed by atoms with Gasteiger partial charge >= 0.3 is 12.1 Å². The molecule has 0 saturated carbocycles. The zero-order valence-electron chi connectivity index (χ0n) is 12.3. The fourth-order valence-electron chi connectivity index (χ4n) is 1.86. The van der Waals surface area contributed by atoms with Crippen LogP contribution in [0.5, 0.6) is 0 Å². The maximum absolute atomic E-state index is 12.9. The first-order valence-electron chi connectivity index (χ1n) is 6.36. The van der Waals surface area contributed by atoms with Gasteiger partial charge in [0.2, 0.25) is 11.8 Å². The molecule has 2 heterocycles. The topological polar surface area (TPSA) is 83.0 Å². The van der Waals surface area contributed by atoms with E-state index >= 15 is 0 Å². The largest absolute Gasteiger partial charge is 0.469 e. The van der Waals surface area contributed by atoms with Gasteiger partial charge in [-0.1, -0.05) is 0 Å². The molecule has 2 aromatic heterocycles. The van der Waals surface area contributed by atoms with Gasteiger partial charge in [-0.05, 0) is 29.8 Å². The maximum Gasteiger partial charge on any atom is 0.436 e. The lowest BCUT2D eigenvalue weighted by Crippen LogP contribution is -2.13. The Hall–Kier alpha value is -1.91. The minimum absolute atomic E-state index is 0.0126. The third-order valence-electron chi connectivity index (χ3n) is 3.08. The molecule has 1 atom stereocenters. The molecule has 0 radical (unpaired) electrons. The van der Waals surface area contributed by atoms with E-state index in [-0.39, 0.29) is 28.4 Å². The molecule has 0 aromatic carbocycles. The van der Waals surface area contributed by atoms with Crippen molar-refractivity contribution in [3.05, 3.63) is 27.6 Å². The fourth-order valence-corrected chi connectivity index (χ4v) is 2.35. The molecule has 0 bridgehead atoms. The van der Waals surface area contributed by atoms with Gasteiger partial charge in [0.25, 0.3) is 0 Å². The Morgan fingerprint density at radius 1 is 1.43 bits per heavy atom. The number of carbonyl (C=O) groups is 1. The zero-order valence-corrected chi connectivity index (χ0v) is 13.9. The molecule has 0 fully saturated rings. The Labute approximate surface area is 136 Å². The second-order valence-electron chi connectivity index (χ2n) is 4.65. The number of hydrogen-bond donors (Lipinski definition) is 0. The van der Waals surface area contributed by atoms with E-state index < -0.39 is 23.9 Å². The Morgan fingerprint density at radius 3 is 2.61 bits per heavy atom. The smallest absolute Gasteiger partial charge is 0.436 e. The number of aromatic nitrogens is 4. The van der Waals surface area contributed by atoms with Gasteiger partial charge in [-0.15, -0.1) is 10.2 Å². The van der Waals surface area contributed by atoms with Crippen LogP contribution in [0.3, 0.4) is 0 Å². The predicted molar refractivity (Wildman–Crippen MR) is 73.5 cm³/mol. The lowest BCUT2D eigenvalue weighted by Gasteiger charge is -2.09. The van der Waals surface area contributed by atoms with Crippen molar-refractivity contribution >= 4 is 21.9 Å². The van der Waals surface area contributed by atoms with Gasteiger partial charge in [-0.2, -0.15) is 18.3 Å². The molecule has 1 unspecified atom stereocenters. The fraction of sp³-hybridized carbons (Fsp3) is 0.500. The van der Waals surface area contributed by atoms with Crippen molar-refractivity contribution in [3.63, 3.8) is 0 Å². The monoisotopic (exact) mass is 396 g/mol. The van der Waals surface area contributed by atoms with Crippen molar-refractivity contribution in [1.29, 1.82) is 0 Å². The summed E-state index contributed by atoms with van der Waals surface area (Å²) in [5.41, 5.74) is -0.770. The second-order valence-corrected chi connectivity index (χ2v) is 5.45. The molecule has 23 heavy (non-hydrogen) atoms. The summed E-state index contributed by atoms with van der Waals surface area (Å²) < 4.78 is 49.4. The van der Waals surface area contributed by atoms with Crippen LogP contribution in [0.15, 0.2) is 8.89 Å². The molecule has 0 aliphatic heterocycles. The number of hydrogen-bond acceptors (Lipinski definition) is 6. The number of nitrogens with zero attached hydrogens (tertiary/aromatic N) is 4. The molecule has 0 aliphatic rings. The molecule has 0 aliphatic carbocycles. The summed E-state index contributed by atoms with van der Waals surface area (Å²) in [6.45, 7) is 3.04. The summed E-state index contributed by atoms with van der Waals surface area (Å²) in [4.78, 5) is 11.1. The molecular formula is C12H12BrF3N4O3. The number of esters is 1. The van der Waals surface area contributed by atoms with E-state index in [1.165, 1.54) is 14.0 Å². The van der Waals surface area contributed by atoms with Crippen LogP contribution in [0, 0.1) is 6.92 Å². The zero-order chi connectivity index (χ0) is 17.4. The van der Waals surface area contributed by atoms with Crippen molar-refractivity contribution in [2.45, 2.75) is 32.5 Å². The van der Waals surface area contributed by atoms with Gasteiger partial charge in [-0.25, -0.2) is 0 Å². The summed E-state index contributed by atoms with van der Waals surface area (Å²) in [6.07, 6.45) is -4.80. The number of halogens is 4. The van der Waals surface area contributed by atoms with Crippen LogP contribution < -0.4 is 0 Å². The highest BCUT2D eigenvalue weighted by Crippen LogP contribution is 2.36. The van der Waals surface area contributed by atoms with Crippen LogP contribution in [-0.2, 0) is 22.1 Å². The quantitative estimate of drug-likeness (QED) is 0.738. The van der Waals surface area contributed by atoms with Crippen molar-refractivity contribution in [2.75, 3.05) is 7.11 Å². The summed E-state index contributed by atoms with van der Waals surface area (Å²) in [5, 5.41) is 11.0. The molecule has 2 rings (SSSR count). The van der Waals surface area contributed by atoms with Gasteiger partial charge in [-0.3, -0.25) is 9.48 Å². The van der Waals surface area contributed by atoms with Crippen molar-refractivity contribution < 1.29 is 27.1 Å². The van der Waals surface area contributed by atoms with E-state index in [0.717, 1.165) is 4.68 Å². The summed E-state index contributed by atoms with van der Waals surface area (Å²) in [5.74, 6) is -0.514. The molecule has 126 valence electrons. The third-order valence-corrected chi connectivity index (χ3v) is 4.02. The average molecular weight is 397 g/mol. The highest BCUT2D eigenvalue weighted by Gasteiger charge is 2.38. The van der Waals surface area contributed by atoms with E-state index in [1.54, 1.807) is 6.92 Å². The number of rotatable bonds is 4. The number of methoxy groups -OCH3 is 1. The van der Waals surface area contributed by atoms with E-state index in [9.17, 15) is 18.0 Å². The van der Waals surface area contributed by atoms with E-state index in [2.05, 4.69) is 36.0 Å². The second kappa shape index (κ2) is 6.30. The van der Waals surface area contributed by atoms with Gasteiger partial charge in [0.1, 0.15) is 12.5 Å². The van der Waals surface area contributed by atoms with E-state index in [1.807, 2.05) is 0 Å². The Kier molecular flexibility index (Phi) is 4.78. The summed E-state index contributed by atoms with van der Waals surface area (Å²) >= 11 is 2.89. The molecule has 7 nitrogen and oxygen atoms in total.